The predicted molar refractivity (Wildman–Crippen MR) is 112 cm³/mol. The van der Waals surface area contributed by atoms with Gasteiger partial charge >= 0.3 is 5.97 Å². The minimum atomic E-state index is -0.656. The van der Waals surface area contributed by atoms with Gasteiger partial charge in [-0.2, -0.15) is 0 Å². The Bertz CT molecular complexity index is 908. The van der Waals surface area contributed by atoms with Gasteiger partial charge in [0.25, 0.3) is 0 Å². The third-order valence-corrected chi connectivity index (χ3v) is 6.12. The molecule has 1 amide bonds. The number of benzene rings is 1. The number of amidine groups is 1. The summed E-state index contributed by atoms with van der Waals surface area (Å²) in [5.74, 6) is 0.475. The van der Waals surface area contributed by atoms with E-state index in [0.717, 1.165) is 0 Å². The Morgan fingerprint density at radius 1 is 1.31 bits per heavy atom. The lowest BCUT2D eigenvalue weighted by Gasteiger charge is -2.33. The molecule has 3 rings (SSSR count). The summed E-state index contributed by atoms with van der Waals surface area (Å²) in [5.41, 5.74) is 1.57. The number of amides is 1. The summed E-state index contributed by atoms with van der Waals surface area (Å²) >= 11 is 1.42. The molecule has 2 aliphatic heterocycles. The van der Waals surface area contributed by atoms with Crippen molar-refractivity contribution in [1.82, 2.24) is 4.90 Å². The van der Waals surface area contributed by atoms with Crippen LogP contribution in [0.25, 0.3) is 0 Å². The number of hydrogen-bond donors (Lipinski definition) is 0. The highest BCUT2D eigenvalue weighted by molar-refractivity contribution is 8.15. The molecule has 0 bridgehead atoms. The Labute approximate surface area is 174 Å². The van der Waals surface area contributed by atoms with Crippen molar-refractivity contribution in [3.05, 3.63) is 47.7 Å². The van der Waals surface area contributed by atoms with Crippen LogP contribution in [0.4, 0.5) is 0 Å². The number of fused-ring (bicyclic) bond motifs is 1. The normalized spacial score (nSPS) is 20.9. The van der Waals surface area contributed by atoms with E-state index in [2.05, 4.69) is 11.6 Å². The molecule has 0 aromatic heterocycles. The number of aliphatic imine (C=N–C) groups is 1. The van der Waals surface area contributed by atoms with Crippen molar-refractivity contribution >= 4 is 28.8 Å². The highest BCUT2D eigenvalue weighted by Crippen LogP contribution is 2.45. The number of esters is 1. The fourth-order valence-electron chi connectivity index (χ4n) is 3.40. The molecular weight excluding hydrogens is 392 g/mol. The Kier molecular flexibility index (Phi) is 6.32. The van der Waals surface area contributed by atoms with Crippen molar-refractivity contribution in [3.63, 3.8) is 0 Å². The van der Waals surface area contributed by atoms with Crippen molar-refractivity contribution in [3.8, 4) is 11.5 Å². The van der Waals surface area contributed by atoms with E-state index >= 15 is 0 Å². The van der Waals surface area contributed by atoms with E-state index in [-0.39, 0.29) is 17.8 Å². The molecule has 1 aromatic carbocycles. The second kappa shape index (κ2) is 8.73. The molecule has 0 unspecified atom stereocenters. The highest BCUT2D eigenvalue weighted by atomic mass is 32.2. The fourth-order valence-corrected chi connectivity index (χ4v) is 4.53. The van der Waals surface area contributed by atoms with Gasteiger partial charge in [0.15, 0.2) is 16.7 Å². The van der Waals surface area contributed by atoms with Crippen LogP contribution in [0.1, 0.15) is 31.9 Å². The standard InChI is InChI=1S/C21H24N2O5S/c1-6-10-28-20(25)17-12(3)22-21-23(19(24)16(7-2)29-21)18(17)13-8-9-14(26-4)15(11-13)27-5/h6,8-9,11,16,18H,1,7,10H2,2-5H3/t16-,18-/m0/s1. The third-order valence-electron chi connectivity index (χ3n) is 4.80. The Morgan fingerprint density at radius 3 is 2.66 bits per heavy atom. The fraction of sp³-hybridized carbons (Fsp3) is 0.381. The van der Waals surface area contributed by atoms with E-state index in [4.69, 9.17) is 14.2 Å². The topological polar surface area (TPSA) is 77.4 Å². The van der Waals surface area contributed by atoms with Crippen molar-refractivity contribution in [2.24, 2.45) is 4.99 Å². The maximum atomic E-state index is 13.1. The first kappa shape index (κ1) is 21.0. The van der Waals surface area contributed by atoms with Crippen molar-refractivity contribution < 1.29 is 23.8 Å². The zero-order chi connectivity index (χ0) is 21.1. The predicted octanol–water partition coefficient (Wildman–Crippen LogP) is 3.47. The summed E-state index contributed by atoms with van der Waals surface area (Å²) in [7, 11) is 3.09. The Balaban J connectivity index is 2.14. The summed E-state index contributed by atoms with van der Waals surface area (Å²) in [6.07, 6.45) is 2.17. The third kappa shape index (κ3) is 3.76. The van der Waals surface area contributed by atoms with Gasteiger partial charge in [-0.25, -0.2) is 9.79 Å². The molecule has 0 saturated carbocycles. The zero-order valence-corrected chi connectivity index (χ0v) is 17.7. The van der Waals surface area contributed by atoms with Crippen LogP contribution in [-0.4, -0.2) is 48.0 Å². The molecule has 8 heteroatoms. The number of ether oxygens (including phenoxy) is 3. The lowest BCUT2D eigenvalue weighted by Crippen LogP contribution is -2.40. The van der Waals surface area contributed by atoms with Crippen LogP contribution in [0.3, 0.4) is 0 Å². The van der Waals surface area contributed by atoms with Crippen molar-refractivity contribution in [1.29, 1.82) is 0 Å². The minimum absolute atomic E-state index is 0.0717. The molecule has 0 radical (unpaired) electrons. The lowest BCUT2D eigenvalue weighted by atomic mass is 9.94. The number of carbonyl (C=O) groups excluding carboxylic acids is 2. The first-order valence-corrected chi connectivity index (χ1v) is 10.1. The molecule has 1 aromatic rings. The van der Waals surface area contributed by atoms with E-state index < -0.39 is 12.0 Å². The maximum absolute atomic E-state index is 13.1. The van der Waals surface area contributed by atoms with E-state index in [1.165, 1.54) is 17.8 Å². The monoisotopic (exact) mass is 416 g/mol. The van der Waals surface area contributed by atoms with Crippen LogP contribution in [0.15, 0.2) is 47.1 Å². The Hall–Kier alpha value is -2.74. The lowest BCUT2D eigenvalue weighted by molar-refractivity contribution is -0.139. The molecule has 2 aliphatic rings. The molecule has 1 fully saturated rings. The Morgan fingerprint density at radius 2 is 2.03 bits per heavy atom. The van der Waals surface area contributed by atoms with Crippen LogP contribution < -0.4 is 9.47 Å². The average molecular weight is 416 g/mol. The number of hydrogen-bond acceptors (Lipinski definition) is 7. The average Bonchev–Trinajstić information content (AvgIpc) is 3.05. The number of methoxy groups -OCH3 is 2. The van der Waals surface area contributed by atoms with Gasteiger partial charge in [0.2, 0.25) is 5.91 Å². The molecular formula is C21H24N2O5S. The van der Waals surface area contributed by atoms with Crippen LogP contribution in [-0.2, 0) is 14.3 Å². The first-order chi connectivity index (χ1) is 14.0. The minimum Gasteiger partial charge on any atom is -0.493 e. The summed E-state index contributed by atoms with van der Waals surface area (Å²) in [5, 5.41) is 0.368. The molecule has 0 N–H and O–H groups in total. The maximum Gasteiger partial charge on any atom is 0.338 e. The van der Waals surface area contributed by atoms with E-state index in [9.17, 15) is 9.59 Å². The summed E-state index contributed by atoms with van der Waals surface area (Å²) in [4.78, 5) is 32.1. The van der Waals surface area contributed by atoms with Crippen molar-refractivity contribution in [2.45, 2.75) is 31.6 Å². The molecule has 0 spiro atoms. The van der Waals surface area contributed by atoms with Gasteiger partial charge in [-0.05, 0) is 31.0 Å². The molecule has 1 saturated heterocycles. The largest absolute Gasteiger partial charge is 0.493 e. The number of nitrogens with zero attached hydrogens (tertiary/aromatic N) is 2. The van der Waals surface area contributed by atoms with E-state index in [1.807, 2.05) is 13.0 Å². The second-order valence-corrected chi connectivity index (χ2v) is 7.69. The molecule has 2 heterocycles. The smallest absolute Gasteiger partial charge is 0.338 e. The second-order valence-electron chi connectivity index (χ2n) is 6.52. The summed E-state index contributed by atoms with van der Waals surface area (Å²) < 4.78 is 16.1. The quantitative estimate of drug-likeness (QED) is 0.500. The van der Waals surface area contributed by atoms with E-state index in [0.29, 0.717) is 39.9 Å². The van der Waals surface area contributed by atoms with Gasteiger partial charge < -0.3 is 14.2 Å². The molecule has 29 heavy (non-hydrogen) atoms. The van der Waals surface area contributed by atoms with Crippen LogP contribution in [0, 0.1) is 0 Å². The number of rotatable bonds is 7. The van der Waals surface area contributed by atoms with Gasteiger partial charge in [0, 0.05) is 0 Å². The molecule has 2 atom stereocenters. The molecule has 154 valence electrons. The van der Waals surface area contributed by atoms with Gasteiger partial charge in [-0.15, -0.1) is 0 Å². The van der Waals surface area contributed by atoms with Crippen molar-refractivity contribution in [2.75, 3.05) is 20.8 Å². The van der Waals surface area contributed by atoms with Gasteiger partial charge in [0.1, 0.15) is 6.61 Å². The number of carbonyl (C=O) groups is 2. The van der Waals surface area contributed by atoms with Crippen LogP contribution in [0.5, 0.6) is 11.5 Å². The summed E-state index contributed by atoms with van der Waals surface area (Å²) in [6.45, 7) is 7.37. The van der Waals surface area contributed by atoms with E-state index in [1.54, 1.807) is 38.2 Å². The first-order valence-electron chi connectivity index (χ1n) is 9.25. The highest BCUT2D eigenvalue weighted by Gasteiger charge is 2.47. The number of thioether (sulfide) groups is 1. The number of allylic oxidation sites excluding steroid dienone is 1. The molecule has 7 nitrogen and oxygen atoms in total. The zero-order valence-electron chi connectivity index (χ0n) is 16.9. The molecule has 0 aliphatic carbocycles. The summed E-state index contributed by atoms with van der Waals surface area (Å²) in [6, 6.07) is 4.70. The van der Waals surface area contributed by atoms with Gasteiger partial charge in [0.05, 0.1) is 36.8 Å². The van der Waals surface area contributed by atoms with Crippen LogP contribution in [0.2, 0.25) is 0 Å². The van der Waals surface area contributed by atoms with Gasteiger partial charge in [-0.1, -0.05) is 37.4 Å². The SMILES string of the molecule is C=CCOC(=O)C1=C(C)N=C2S[C@@H](CC)C(=O)N2[C@H]1c1ccc(OC)c(OC)c1. The van der Waals surface area contributed by atoms with Gasteiger partial charge in [-0.3, -0.25) is 9.69 Å². The van der Waals surface area contributed by atoms with Crippen LogP contribution >= 0.6 is 11.8 Å².